The summed E-state index contributed by atoms with van der Waals surface area (Å²) in [7, 11) is 1.29. The summed E-state index contributed by atoms with van der Waals surface area (Å²) in [4.78, 5) is 41.9. The first-order valence-corrected chi connectivity index (χ1v) is 8.76. The van der Waals surface area contributed by atoms with Crippen molar-refractivity contribution >= 4 is 28.9 Å². The second-order valence-electron chi connectivity index (χ2n) is 5.73. The minimum absolute atomic E-state index is 0.0236. The zero-order valence-corrected chi connectivity index (χ0v) is 15.1. The van der Waals surface area contributed by atoms with Crippen molar-refractivity contribution in [1.82, 2.24) is 14.7 Å². The van der Waals surface area contributed by atoms with Crippen LogP contribution in [0.3, 0.4) is 0 Å². The summed E-state index contributed by atoms with van der Waals surface area (Å²) < 4.78 is 6.03. The van der Waals surface area contributed by atoms with Gasteiger partial charge in [-0.05, 0) is 30.0 Å². The normalized spacial score (nSPS) is 11.9. The summed E-state index contributed by atoms with van der Waals surface area (Å²) in [6.45, 7) is 1.85. The number of hydrogen-bond acceptors (Lipinski definition) is 6. The van der Waals surface area contributed by atoms with Gasteiger partial charge in [0.05, 0.1) is 19.6 Å². The largest absolute Gasteiger partial charge is 0.469 e. The van der Waals surface area contributed by atoms with Crippen LogP contribution in [0.4, 0.5) is 0 Å². The van der Waals surface area contributed by atoms with Crippen molar-refractivity contribution < 1.29 is 14.3 Å². The molecule has 26 heavy (non-hydrogen) atoms. The number of thiophene rings is 1. The molecule has 7 nitrogen and oxygen atoms in total. The quantitative estimate of drug-likeness (QED) is 0.694. The summed E-state index contributed by atoms with van der Waals surface area (Å²) >= 11 is 1.41. The van der Waals surface area contributed by atoms with E-state index in [0.717, 1.165) is 10.4 Å². The number of esters is 1. The van der Waals surface area contributed by atoms with E-state index in [1.807, 2.05) is 30.5 Å². The number of fused-ring (bicyclic) bond motifs is 1. The van der Waals surface area contributed by atoms with Crippen LogP contribution < -0.4 is 10.9 Å². The molecular weight excluding hydrogens is 354 g/mol. The number of carbonyl (C=O) groups is 2. The van der Waals surface area contributed by atoms with Crippen LogP contribution in [0.15, 0.2) is 46.8 Å². The minimum atomic E-state index is -0.583. The molecule has 3 rings (SSSR count). The van der Waals surface area contributed by atoms with Crippen LogP contribution in [0, 0.1) is 6.92 Å². The van der Waals surface area contributed by atoms with Crippen LogP contribution in [0.1, 0.15) is 33.3 Å². The van der Waals surface area contributed by atoms with E-state index in [2.05, 4.69) is 10.3 Å². The lowest BCUT2D eigenvalue weighted by Gasteiger charge is -2.16. The average molecular weight is 371 g/mol. The first-order chi connectivity index (χ1) is 12.5. The summed E-state index contributed by atoms with van der Waals surface area (Å²) in [5, 5.41) is 4.59. The number of nitrogens with zero attached hydrogens (tertiary/aromatic N) is 2. The highest BCUT2D eigenvalue weighted by atomic mass is 32.1. The Morgan fingerprint density at radius 3 is 2.85 bits per heavy atom. The Morgan fingerprint density at radius 2 is 2.15 bits per heavy atom. The van der Waals surface area contributed by atoms with Crippen LogP contribution in [0.25, 0.3) is 5.65 Å². The molecule has 1 unspecified atom stereocenters. The van der Waals surface area contributed by atoms with Crippen molar-refractivity contribution in [2.45, 2.75) is 19.4 Å². The highest BCUT2D eigenvalue weighted by Gasteiger charge is 2.22. The molecule has 0 saturated heterocycles. The fourth-order valence-corrected chi connectivity index (χ4v) is 3.31. The lowest BCUT2D eigenvalue weighted by molar-refractivity contribution is -0.141. The maximum atomic E-state index is 12.7. The SMILES string of the molecule is COC(=O)CC(NC(=O)c1cnc2ccc(C)cn2c1=O)c1cccs1. The number of ether oxygens (including phenoxy) is 1. The predicted molar refractivity (Wildman–Crippen MR) is 97.4 cm³/mol. The van der Waals surface area contributed by atoms with Crippen molar-refractivity contribution in [3.63, 3.8) is 0 Å². The van der Waals surface area contributed by atoms with E-state index in [-0.39, 0.29) is 12.0 Å². The lowest BCUT2D eigenvalue weighted by atomic mass is 10.1. The third-order valence-corrected chi connectivity index (χ3v) is 4.87. The van der Waals surface area contributed by atoms with Gasteiger partial charge in [-0.2, -0.15) is 0 Å². The second-order valence-corrected chi connectivity index (χ2v) is 6.71. The first kappa shape index (κ1) is 17.8. The number of methoxy groups -OCH3 is 1. The Balaban J connectivity index is 1.92. The second kappa shape index (κ2) is 7.49. The molecule has 0 spiro atoms. The molecule has 0 radical (unpaired) electrons. The Morgan fingerprint density at radius 1 is 1.35 bits per heavy atom. The molecule has 0 fully saturated rings. The highest BCUT2D eigenvalue weighted by Crippen LogP contribution is 2.22. The van der Waals surface area contributed by atoms with E-state index in [0.29, 0.717) is 5.65 Å². The number of aryl methyl sites for hydroxylation is 1. The van der Waals surface area contributed by atoms with Crippen molar-refractivity contribution in [1.29, 1.82) is 0 Å². The fraction of sp³-hybridized carbons (Fsp3) is 0.222. The Kier molecular flexibility index (Phi) is 5.13. The van der Waals surface area contributed by atoms with E-state index in [1.54, 1.807) is 12.3 Å². The third-order valence-electron chi connectivity index (χ3n) is 3.89. The average Bonchev–Trinajstić information content (AvgIpc) is 3.16. The van der Waals surface area contributed by atoms with E-state index < -0.39 is 23.5 Å². The van der Waals surface area contributed by atoms with Gasteiger partial charge in [-0.3, -0.25) is 18.8 Å². The Hall–Kier alpha value is -3.00. The third kappa shape index (κ3) is 3.65. The van der Waals surface area contributed by atoms with Gasteiger partial charge in [0.15, 0.2) is 0 Å². The van der Waals surface area contributed by atoms with Crippen LogP contribution >= 0.6 is 11.3 Å². The highest BCUT2D eigenvalue weighted by molar-refractivity contribution is 7.10. The molecule has 0 aliphatic heterocycles. The molecule has 0 saturated carbocycles. The Bertz CT molecular complexity index is 1010. The molecule has 0 bridgehead atoms. The molecule has 0 aromatic carbocycles. The van der Waals surface area contributed by atoms with E-state index in [4.69, 9.17) is 4.74 Å². The summed E-state index contributed by atoms with van der Waals surface area (Å²) in [5.41, 5.74) is 0.793. The van der Waals surface area contributed by atoms with Gasteiger partial charge in [-0.25, -0.2) is 4.98 Å². The van der Waals surface area contributed by atoms with Crippen molar-refractivity contribution in [2.75, 3.05) is 7.11 Å². The van der Waals surface area contributed by atoms with Gasteiger partial charge < -0.3 is 10.1 Å². The van der Waals surface area contributed by atoms with Gasteiger partial charge in [0, 0.05) is 17.3 Å². The number of rotatable bonds is 5. The molecule has 8 heteroatoms. The number of carbonyl (C=O) groups excluding carboxylic acids is 2. The van der Waals surface area contributed by atoms with Crippen molar-refractivity contribution in [3.05, 3.63) is 68.4 Å². The van der Waals surface area contributed by atoms with Crippen molar-refractivity contribution in [3.8, 4) is 0 Å². The van der Waals surface area contributed by atoms with Crippen molar-refractivity contribution in [2.24, 2.45) is 0 Å². The fourth-order valence-electron chi connectivity index (χ4n) is 2.54. The number of aromatic nitrogens is 2. The topological polar surface area (TPSA) is 89.8 Å². The molecule has 3 aromatic heterocycles. The van der Waals surface area contributed by atoms with Gasteiger partial charge in [-0.1, -0.05) is 12.1 Å². The van der Waals surface area contributed by atoms with Crippen LogP contribution in [-0.2, 0) is 9.53 Å². The van der Waals surface area contributed by atoms with Gasteiger partial charge in [0.2, 0.25) is 0 Å². The molecule has 0 aliphatic rings. The zero-order valence-electron chi connectivity index (χ0n) is 14.3. The maximum Gasteiger partial charge on any atom is 0.307 e. The van der Waals surface area contributed by atoms with E-state index in [9.17, 15) is 14.4 Å². The van der Waals surface area contributed by atoms with Crippen LogP contribution in [0.2, 0.25) is 0 Å². The van der Waals surface area contributed by atoms with E-state index >= 15 is 0 Å². The standard InChI is InChI=1S/C18H17N3O4S/c1-11-5-6-15-19-9-12(18(24)21(15)10-11)17(23)20-13(8-16(22)25-2)14-4-3-7-26-14/h3-7,9-10,13H,8H2,1-2H3,(H,20,23). The molecule has 3 heterocycles. The summed E-state index contributed by atoms with van der Waals surface area (Å²) in [5.74, 6) is -1.03. The number of nitrogens with one attached hydrogen (secondary N) is 1. The lowest BCUT2D eigenvalue weighted by Crippen LogP contribution is -2.35. The minimum Gasteiger partial charge on any atom is -0.469 e. The molecule has 1 N–H and O–H groups in total. The van der Waals surface area contributed by atoms with Crippen LogP contribution in [-0.4, -0.2) is 28.4 Å². The predicted octanol–water partition coefficient (Wildman–Crippen LogP) is 2.10. The molecule has 3 aromatic rings. The monoisotopic (exact) mass is 371 g/mol. The molecule has 1 atom stereocenters. The van der Waals surface area contributed by atoms with Gasteiger partial charge in [0.1, 0.15) is 11.2 Å². The number of hydrogen-bond donors (Lipinski definition) is 1. The first-order valence-electron chi connectivity index (χ1n) is 7.88. The zero-order chi connectivity index (χ0) is 18.7. The Labute approximate surface area is 153 Å². The molecule has 134 valence electrons. The number of amides is 1. The maximum absolute atomic E-state index is 12.7. The summed E-state index contributed by atoms with van der Waals surface area (Å²) in [6, 6.07) is 6.61. The van der Waals surface area contributed by atoms with E-state index in [1.165, 1.54) is 29.0 Å². The molecule has 0 aliphatic carbocycles. The molecular formula is C18H17N3O4S. The molecule has 1 amide bonds. The number of pyridine rings is 1. The summed E-state index contributed by atoms with van der Waals surface area (Å²) in [6.07, 6.45) is 2.86. The van der Waals surface area contributed by atoms with Crippen LogP contribution in [0.5, 0.6) is 0 Å². The van der Waals surface area contributed by atoms with Gasteiger partial charge >= 0.3 is 5.97 Å². The van der Waals surface area contributed by atoms with Gasteiger partial charge in [-0.15, -0.1) is 11.3 Å². The smallest absolute Gasteiger partial charge is 0.307 e. The van der Waals surface area contributed by atoms with Gasteiger partial charge in [0.25, 0.3) is 11.5 Å².